The van der Waals surface area contributed by atoms with Gasteiger partial charge in [-0.15, -0.1) is 11.6 Å². The summed E-state index contributed by atoms with van der Waals surface area (Å²) >= 11 is 6.22. The molecule has 2 aromatic carbocycles. The van der Waals surface area contributed by atoms with Crippen molar-refractivity contribution in [2.24, 2.45) is 7.05 Å². The molecule has 1 aliphatic rings. The largest absolute Gasteiger partial charge is 0.497 e. The normalized spacial score (nSPS) is 15.8. The van der Waals surface area contributed by atoms with Crippen LogP contribution in [0.3, 0.4) is 0 Å². The predicted octanol–water partition coefficient (Wildman–Crippen LogP) is 5.28. The first-order valence-electron chi connectivity index (χ1n) is 12.6. The van der Waals surface area contributed by atoms with Gasteiger partial charge in [-0.2, -0.15) is 5.10 Å². The van der Waals surface area contributed by atoms with Crippen molar-refractivity contribution in [1.82, 2.24) is 24.6 Å². The van der Waals surface area contributed by atoms with Crippen LogP contribution in [0.15, 0.2) is 55.0 Å². The summed E-state index contributed by atoms with van der Waals surface area (Å²) in [5.41, 5.74) is 5.46. The Kier molecular flexibility index (Phi) is 7.76. The van der Waals surface area contributed by atoms with Crippen molar-refractivity contribution in [2.45, 2.75) is 25.3 Å². The molecule has 1 atom stereocenters. The Morgan fingerprint density at radius 2 is 1.84 bits per heavy atom. The number of rotatable bonds is 10. The summed E-state index contributed by atoms with van der Waals surface area (Å²) < 4.78 is 12.9. The fourth-order valence-corrected chi connectivity index (χ4v) is 5.36. The third-order valence-electron chi connectivity index (χ3n) is 6.99. The molecular formula is C28H33ClN6O2. The molecule has 1 saturated heterocycles. The lowest BCUT2D eigenvalue weighted by Gasteiger charge is -2.28. The van der Waals surface area contributed by atoms with Gasteiger partial charge < -0.3 is 14.4 Å². The molecule has 9 heteroatoms. The number of aryl methyl sites for hydroxylation is 1. The van der Waals surface area contributed by atoms with Crippen molar-refractivity contribution in [1.29, 1.82) is 0 Å². The summed E-state index contributed by atoms with van der Waals surface area (Å²) in [6, 6.07) is 12.7. The fraction of sp³-hybridized carbons (Fsp3) is 0.393. The molecule has 0 N–H and O–H groups in total. The van der Waals surface area contributed by atoms with Crippen LogP contribution >= 0.6 is 11.6 Å². The highest BCUT2D eigenvalue weighted by molar-refractivity contribution is 6.18. The number of hydrogen-bond donors (Lipinski definition) is 0. The third kappa shape index (κ3) is 5.65. The first-order valence-corrected chi connectivity index (χ1v) is 13.2. The van der Waals surface area contributed by atoms with Crippen molar-refractivity contribution in [3.8, 4) is 22.8 Å². The van der Waals surface area contributed by atoms with Gasteiger partial charge >= 0.3 is 0 Å². The minimum absolute atomic E-state index is 0.480. The first kappa shape index (κ1) is 25.3. The molecule has 1 aliphatic heterocycles. The lowest BCUT2D eigenvalue weighted by Crippen LogP contribution is -2.33. The van der Waals surface area contributed by atoms with Crippen LogP contribution < -0.4 is 14.4 Å². The van der Waals surface area contributed by atoms with Gasteiger partial charge in [-0.25, -0.2) is 4.98 Å². The van der Waals surface area contributed by atoms with Gasteiger partial charge in [-0.05, 0) is 44.0 Å². The van der Waals surface area contributed by atoms with Gasteiger partial charge in [0.1, 0.15) is 11.5 Å². The molecule has 0 saturated carbocycles. The van der Waals surface area contributed by atoms with Gasteiger partial charge in [0.05, 0.1) is 43.3 Å². The molecule has 2 aromatic heterocycles. The maximum absolute atomic E-state index is 6.22. The lowest BCUT2D eigenvalue weighted by molar-refractivity contribution is 0.269. The number of fused-ring (bicyclic) bond motifs is 1. The van der Waals surface area contributed by atoms with E-state index >= 15 is 0 Å². The van der Waals surface area contributed by atoms with Crippen LogP contribution in [0.2, 0.25) is 0 Å². The Bertz CT molecular complexity index is 1340. The van der Waals surface area contributed by atoms with E-state index in [1.54, 1.807) is 31.3 Å². The molecule has 8 nitrogen and oxygen atoms in total. The standard InChI is InChI=1S/C28H33ClN6O2/c1-33-19-20(17-31-33)28-18-30-26-8-7-21(14-27(26)32-28)35(11-5-10-34-9-4-6-22(34)16-29)23-12-24(36-2)15-25(13-23)37-3/h7-8,12-15,17-19,22H,4-6,9-11,16H2,1-3H3/t22-/m0/s1. The SMILES string of the molecule is COc1cc(OC)cc(N(CCCN2CCC[C@H]2CCl)c2ccc3ncc(-c4cnn(C)c4)nc3c2)c1. The van der Waals surface area contributed by atoms with Crippen LogP contribution in [-0.4, -0.2) is 70.4 Å². The number of hydrogen-bond acceptors (Lipinski definition) is 7. The smallest absolute Gasteiger partial charge is 0.124 e. The number of alkyl halides is 1. The van der Waals surface area contributed by atoms with E-state index in [1.165, 1.54) is 12.8 Å². The molecular weight excluding hydrogens is 488 g/mol. The van der Waals surface area contributed by atoms with Crippen molar-refractivity contribution in [2.75, 3.05) is 44.6 Å². The number of ether oxygens (including phenoxy) is 2. The van der Waals surface area contributed by atoms with Gasteiger partial charge in [-0.1, -0.05) is 0 Å². The second-order valence-corrected chi connectivity index (χ2v) is 9.70. The molecule has 194 valence electrons. The summed E-state index contributed by atoms with van der Waals surface area (Å²) in [4.78, 5) is 14.4. The Morgan fingerprint density at radius 3 is 2.54 bits per heavy atom. The Balaban J connectivity index is 1.48. The summed E-state index contributed by atoms with van der Waals surface area (Å²) in [7, 11) is 5.25. The van der Waals surface area contributed by atoms with E-state index in [0.717, 1.165) is 71.2 Å². The molecule has 0 bridgehead atoms. The van der Waals surface area contributed by atoms with Crippen LogP contribution in [-0.2, 0) is 7.05 Å². The number of likely N-dealkylation sites (tertiary alicyclic amines) is 1. The molecule has 0 aliphatic carbocycles. The minimum Gasteiger partial charge on any atom is -0.497 e. The highest BCUT2D eigenvalue weighted by atomic mass is 35.5. The molecule has 37 heavy (non-hydrogen) atoms. The average Bonchev–Trinajstić information content (AvgIpc) is 3.58. The summed E-state index contributed by atoms with van der Waals surface area (Å²) in [6.45, 7) is 2.95. The maximum atomic E-state index is 6.22. The molecule has 0 radical (unpaired) electrons. The zero-order valence-corrected chi connectivity index (χ0v) is 22.4. The van der Waals surface area contributed by atoms with Crippen molar-refractivity contribution in [3.63, 3.8) is 0 Å². The van der Waals surface area contributed by atoms with E-state index in [4.69, 9.17) is 26.1 Å². The van der Waals surface area contributed by atoms with Crippen LogP contribution in [0.25, 0.3) is 22.3 Å². The molecule has 0 amide bonds. The zero-order valence-electron chi connectivity index (χ0n) is 21.6. The highest BCUT2D eigenvalue weighted by Gasteiger charge is 2.23. The Morgan fingerprint density at radius 1 is 1.03 bits per heavy atom. The van der Waals surface area contributed by atoms with Crippen molar-refractivity contribution < 1.29 is 9.47 Å². The fourth-order valence-electron chi connectivity index (χ4n) is 5.01. The van der Waals surface area contributed by atoms with E-state index in [2.05, 4.69) is 32.0 Å². The van der Waals surface area contributed by atoms with Crippen molar-refractivity contribution in [3.05, 3.63) is 55.0 Å². The van der Waals surface area contributed by atoms with E-state index in [9.17, 15) is 0 Å². The monoisotopic (exact) mass is 520 g/mol. The second-order valence-electron chi connectivity index (χ2n) is 9.39. The number of nitrogens with zero attached hydrogens (tertiary/aromatic N) is 6. The van der Waals surface area contributed by atoms with E-state index in [-0.39, 0.29) is 0 Å². The Hall–Kier alpha value is -3.36. The summed E-state index contributed by atoms with van der Waals surface area (Å²) in [5, 5.41) is 4.27. The van der Waals surface area contributed by atoms with E-state index in [1.807, 2.05) is 37.5 Å². The third-order valence-corrected chi connectivity index (χ3v) is 7.35. The number of benzene rings is 2. The Labute approximate surface area is 222 Å². The molecule has 0 spiro atoms. The van der Waals surface area contributed by atoms with Gasteiger partial charge in [-0.3, -0.25) is 14.6 Å². The molecule has 1 fully saturated rings. The van der Waals surface area contributed by atoms with Crippen LogP contribution in [0, 0.1) is 0 Å². The molecule has 4 aromatic rings. The van der Waals surface area contributed by atoms with E-state index in [0.29, 0.717) is 11.9 Å². The van der Waals surface area contributed by atoms with Gasteiger partial charge in [0.15, 0.2) is 0 Å². The quantitative estimate of drug-likeness (QED) is 0.263. The topological polar surface area (TPSA) is 68.5 Å². The number of halogens is 1. The van der Waals surface area contributed by atoms with Crippen LogP contribution in [0.1, 0.15) is 19.3 Å². The molecule has 0 unspecified atom stereocenters. The lowest BCUT2D eigenvalue weighted by atomic mass is 10.1. The zero-order chi connectivity index (χ0) is 25.8. The van der Waals surface area contributed by atoms with Gasteiger partial charge in [0, 0.05) is 73.4 Å². The number of aromatic nitrogens is 4. The van der Waals surface area contributed by atoms with Crippen molar-refractivity contribution >= 4 is 34.0 Å². The maximum Gasteiger partial charge on any atom is 0.124 e. The number of methoxy groups -OCH3 is 2. The predicted molar refractivity (Wildman–Crippen MR) is 148 cm³/mol. The minimum atomic E-state index is 0.480. The van der Waals surface area contributed by atoms with Crippen LogP contribution in [0.4, 0.5) is 11.4 Å². The molecule has 3 heterocycles. The molecule has 5 rings (SSSR count). The second kappa shape index (κ2) is 11.4. The summed E-state index contributed by atoms with van der Waals surface area (Å²) in [6.07, 6.45) is 8.95. The van der Waals surface area contributed by atoms with Gasteiger partial charge in [0.25, 0.3) is 0 Å². The average molecular weight is 521 g/mol. The van der Waals surface area contributed by atoms with E-state index < -0.39 is 0 Å². The number of anilines is 2. The van der Waals surface area contributed by atoms with Crippen LogP contribution in [0.5, 0.6) is 11.5 Å². The first-order chi connectivity index (χ1) is 18.1. The van der Waals surface area contributed by atoms with Gasteiger partial charge in [0.2, 0.25) is 0 Å². The highest BCUT2D eigenvalue weighted by Crippen LogP contribution is 2.34. The summed E-state index contributed by atoms with van der Waals surface area (Å²) in [5.74, 6) is 2.19.